The molecule has 0 aliphatic heterocycles. The van der Waals surface area contributed by atoms with Crippen LogP contribution in [0, 0.1) is 12.4 Å². The van der Waals surface area contributed by atoms with Gasteiger partial charge in [-0.05, 0) is 48.9 Å². The minimum atomic E-state index is -0.654. The molecule has 5 nitrogen and oxygen atoms in total. The van der Waals surface area contributed by atoms with Crippen LogP contribution in [0.3, 0.4) is 0 Å². The second-order valence-electron chi connectivity index (χ2n) is 8.13. The Kier molecular flexibility index (Phi) is 6.29. The third-order valence-corrected chi connectivity index (χ3v) is 6.08. The van der Waals surface area contributed by atoms with Crippen molar-refractivity contribution in [3.8, 4) is 17.1 Å². The maximum atomic E-state index is 14.5. The van der Waals surface area contributed by atoms with E-state index >= 15 is 0 Å². The van der Waals surface area contributed by atoms with E-state index in [0.29, 0.717) is 29.5 Å². The van der Waals surface area contributed by atoms with E-state index in [-0.39, 0.29) is 16.5 Å². The van der Waals surface area contributed by atoms with Gasteiger partial charge >= 0.3 is 0 Å². The van der Waals surface area contributed by atoms with Gasteiger partial charge in [-0.3, -0.25) is 9.36 Å². The van der Waals surface area contributed by atoms with Gasteiger partial charge in [0.15, 0.2) is 5.82 Å². The van der Waals surface area contributed by atoms with Crippen LogP contribution in [0.2, 0.25) is 5.02 Å². The summed E-state index contributed by atoms with van der Waals surface area (Å²) in [4.78, 5) is 23.2. The van der Waals surface area contributed by atoms with Gasteiger partial charge in [0, 0.05) is 19.2 Å². The van der Waals surface area contributed by atoms with Crippen molar-refractivity contribution >= 4 is 23.1 Å². The molecule has 0 spiro atoms. The summed E-state index contributed by atoms with van der Waals surface area (Å²) >= 11 is 6.50. The van der Waals surface area contributed by atoms with Crippen LogP contribution >= 0.6 is 11.6 Å². The number of halogens is 2. The van der Waals surface area contributed by atoms with Gasteiger partial charge in [-0.1, -0.05) is 49.2 Å². The highest BCUT2D eigenvalue weighted by Crippen LogP contribution is 2.40. The van der Waals surface area contributed by atoms with E-state index in [1.54, 1.807) is 6.07 Å². The number of aromatic nitrogens is 2. The first-order chi connectivity index (χ1) is 15.4. The second-order valence-corrected chi connectivity index (χ2v) is 8.51. The van der Waals surface area contributed by atoms with Crippen molar-refractivity contribution in [3.63, 3.8) is 0 Å². The van der Waals surface area contributed by atoms with Crippen molar-refractivity contribution in [3.05, 3.63) is 80.6 Å². The predicted octanol–water partition coefficient (Wildman–Crippen LogP) is 6.36. The molecule has 164 valence electrons. The normalized spacial score (nSPS) is 13.1. The zero-order valence-corrected chi connectivity index (χ0v) is 18.9. The number of anilines is 1. The molecule has 1 fully saturated rings. The van der Waals surface area contributed by atoms with E-state index in [1.165, 1.54) is 35.1 Å². The van der Waals surface area contributed by atoms with Gasteiger partial charge in [0.1, 0.15) is 16.7 Å². The van der Waals surface area contributed by atoms with E-state index in [2.05, 4.69) is 11.8 Å². The highest BCUT2D eigenvalue weighted by atomic mass is 35.5. The molecule has 0 unspecified atom stereocenters. The molecule has 1 aromatic heterocycles. The van der Waals surface area contributed by atoms with Gasteiger partial charge in [0.05, 0.1) is 12.3 Å². The van der Waals surface area contributed by atoms with Gasteiger partial charge in [0.25, 0.3) is 5.56 Å². The lowest BCUT2D eigenvalue weighted by atomic mass is 10.1. The second kappa shape index (κ2) is 9.13. The van der Waals surface area contributed by atoms with Crippen LogP contribution in [0.4, 0.5) is 15.9 Å². The highest BCUT2D eigenvalue weighted by Gasteiger charge is 2.24. The zero-order valence-electron chi connectivity index (χ0n) is 18.1. The number of rotatable bonds is 7. The van der Waals surface area contributed by atoms with Crippen LogP contribution in [0.5, 0.6) is 0 Å². The van der Waals surface area contributed by atoms with E-state index in [0.717, 1.165) is 12.8 Å². The Balaban J connectivity index is 1.91. The molecular weight excluding hydrogens is 427 g/mol. The van der Waals surface area contributed by atoms with Crippen molar-refractivity contribution in [1.82, 2.24) is 9.55 Å². The summed E-state index contributed by atoms with van der Waals surface area (Å²) in [5, 5.41) is 0.0249. The van der Waals surface area contributed by atoms with Crippen LogP contribution in [0.25, 0.3) is 21.9 Å². The molecule has 0 atom stereocenters. The molecule has 32 heavy (non-hydrogen) atoms. The minimum absolute atomic E-state index is 0.0249. The standard InChI is InChI=1S/C25H24ClFN4O/c1-4-5-14-30(3)24-22(26)25(32)31(19-11-8-17(9-12-19)16-6-7-16)23(29-24)18-10-13-21(28-2)20(27)15-18/h8-13,15-16H,4-7,14H2,1,3H3. The summed E-state index contributed by atoms with van der Waals surface area (Å²) in [6, 6.07) is 12.0. The Morgan fingerprint density at radius 2 is 1.97 bits per heavy atom. The molecule has 2 aromatic carbocycles. The molecule has 1 aliphatic rings. The Morgan fingerprint density at radius 3 is 2.56 bits per heavy atom. The fraction of sp³-hybridized carbons (Fsp3) is 0.320. The van der Waals surface area contributed by atoms with Crippen molar-refractivity contribution in [1.29, 1.82) is 0 Å². The minimum Gasteiger partial charge on any atom is -0.358 e. The van der Waals surface area contributed by atoms with Gasteiger partial charge in [0.2, 0.25) is 5.69 Å². The number of hydrogen-bond acceptors (Lipinski definition) is 3. The molecule has 3 aromatic rings. The monoisotopic (exact) mass is 450 g/mol. The largest absolute Gasteiger partial charge is 0.358 e. The van der Waals surface area contributed by atoms with E-state index in [9.17, 15) is 9.18 Å². The number of benzene rings is 2. The summed E-state index contributed by atoms with van der Waals surface area (Å²) in [5.74, 6) is 0.581. The van der Waals surface area contributed by atoms with Crippen molar-refractivity contribution in [2.45, 2.75) is 38.5 Å². The maximum absolute atomic E-state index is 14.5. The van der Waals surface area contributed by atoms with Crippen LogP contribution in [0.1, 0.15) is 44.1 Å². The average molecular weight is 451 g/mol. The zero-order chi connectivity index (χ0) is 22.8. The Hall–Kier alpha value is -3.17. The lowest BCUT2D eigenvalue weighted by Gasteiger charge is -2.22. The highest BCUT2D eigenvalue weighted by molar-refractivity contribution is 6.32. The molecule has 0 radical (unpaired) electrons. The van der Waals surface area contributed by atoms with Crippen LogP contribution in [0.15, 0.2) is 47.3 Å². The van der Waals surface area contributed by atoms with Crippen molar-refractivity contribution in [2.24, 2.45) is 0 Å². The summed E-state index contributed by atoms with van der Waals surface area (Å²) in [7, 11) is 1.84. The van der Waals surface area contributed by atoms with Crippen LogP contribution < -0.4 is 10.5 Å². The van der Waals surface area contributed by atoms with Crippen LogP contribution in [-0.2, 0) is 0 Å². The maximum Gasteiger partial charge on any atom is 0.279 e. The molecule has 0 saturated heterocycles. The number of hydrogen-bond donors (Lipinski definition) is 0. The first kappa shape index (κ1) is 22.0. The average Bonchev–Trinajstić information content (AvgIpc) is 3.64. The predicted molar refractivity (Wildman–Crippen MR) is 127 cm³/mol. The molecular formula is C25H24ClFN4O. The SMILES string of the molecule is [C-]#[N+]c1ccc(-c2nc(N(C)CCCC)c(Cl)c(=O)n2-c2ccc(C3CC3)cc2)cc1F. The van der Waals surface area contributed by atoms with Gasteiger partial charge in [-0.15, -0.1) is 0 Å². The quantitative estimate of drug-likeness (QED) is 0.393. The number of unbranched alkanes of at least 4 members (excludes halogenated alkanes) is 1. The van der Waals surface area contributed by atoms with E-state index in [4.69, 9.17) is 23.2 Å². The van der Waals surface area contributed by atoms with Crippen molar-refractivity contribution in [2.75, 3.05) is 18.5 Å². The summed E-state index contributed by atoms with van der Waals surface area (Å²) in [6.45, 7) is 9.87. The van der Waals surface area contributed by atoms with E-state index in [1.807, 2.05) is 36.2 Å². The molecule has 1 aliphatic carbocycles. The first-order valence-corrected chi connectivity index (χ1v) is 11.1. The smallest absolute Gasteiger partial charge is 0.279 e. The topological polar surface area (TPSA) is 42.5 Å². The molecule has 1 saturated carbocycles. The molecule has 4 rings (SSSR count). The molecule has 0 bridgehead atoms. The fourth-order valence-electron chi connectivity index (χ4n) is 3.73. The molecule has 0 amide bonds. The lowest BCUT2D eigenvalue weighted by Crippen LogP contribution is -2.28. The van der Waals surface area contributed by atoms with Gasteiger partial charge < -0.3 is 4.90 Å². The number of nitrogens with zero attached hydrogens (tertiary/aromatic N) is 4. The third kappa shape index (κ3) is 4.26. The molecule has 1 heterocycles. The summed E-state index contributed by atoms with van der Waals surface area (Å²) in [5.41, 5.74) is 1.77. The Morgan fingerprint density at radius 1 is 1.25 bits per heavy atom. The molecule has 7 heteroatoms. The lowest BCUT2D eigenvalue weighted by molar-refractivity contribution is 0.634. The fourth-order valence-corrected chi connectivity index (χ4v) is 4.00. The summed E-state index contributed by atoms with van der Waals surface area (Å²) < 4.78 is 15.9. The van der Waals surface area contributed by atoms with Gasteiger partial charge in [-0.25, -0.2) is 14.2 Å². The van der Waals surface area contributed by atoms with Crippen molar-refractivity contribution < 1.29 is 4.39 Å². The first-order valence-electron chi connectivity index (χ1n) is 10.8. The Labute approximate surface area is 191 Å². The van der Waals surface area contributed by atoms with E-state index < -0.39 is 11.4 Å². The van der Waals surface area contributed by atoms with Gasteiger partial charge in [-0.2, -0.15) is 0 Å². The third-order valence-electron chi connectivity index (χ3n) is 5.75. The van der Waals surface area contributed by atoms with Crippen LogP contribution in [-0.4, -0.2) is 23.1 Å². The molecule has 0 N–H and O–H groups in total. The summed E-state index contributed by atoms with van der Waals surface area (Å²) in [6.07, 6.45) is 4.28. The Bertz CT molecular complexity index is 1240.